The molecule has 2 aliphatic carbocycles. The first-order valence-corrected chi connectivity index (χ1v) is 13.8. The van der Waals surface area contributed by atoms with E-state index in [1.54, 1.807) is 0 Å². The molecule has 5 atom stereocenters. The summed E-state index contributed by atoms with van der Waals surface area (Å²) in [6, 6.07) is 19.2. The van der Waals surface area contributed by atoms with Crippen molar-refractivity contribution in [2.45, 2.75) is 105 Å². The van der Waals surface area contributed by atoms with E-state index in [1.807, 2.05) is 6.07 Å². The second kappa shape index (κ2) is 15.8. The topological polar surface area (TPSA) is 18.5 Å². The third-order valence-corrected chi connectivity index (χ3v) is 7.16. The van der Waals surface area contributed by atoms with Crippen molar-refractivity contribution in [3.8, 4) is 5.75 Å². The first kappa shape index (κ1) is 29.2. The smallest absolute Gasteiger partial charge is 0.206 e. The zero-order valence-corrected chi connectivity index (χ0v) is 21.9. The second-order valence-corrected chi connectivity index (χ2v) is 10.2. The minimum absolute atomic E-state index is 0. The molecule has 2 nitrogen and oxygen atoms in total. The fourth-order valence-electron chi connectivity index (χ4n) is 5.37. The van der Waals surface area contributed by atoms with Crippen molar-refractivity contribution < 1.29 is 9.47 Å². The van der Waals surface area contributed by atoms with Crippen LogP contribution in [0.1, 0.15) is 104 Å². The molecule has 1 fully saturated rings. The molecule has 0 radical (unpaired) electrons. The summed E-state index contributed by atoms with van der Waals surface area (Å²) in [6.45, 7) is 9.38. The molecule has 0 amide bonds. The van der Waals surface area contributed by atoms with Gasteiger partial charge in [0.25, 0.3) is 0 Å². The highest BCUT2D eigenvalue weighted by molar-refractivity contribution is 5.29. The van der Waals surface area contributed by atoms with Crippen molar-refractivity contribution in [1.29, 1.82) is 0 Å². The monoisotopic (exact) mass is 478 g/mol. The van der Waals surface area contributed by atoms with E-state index < -0.39 is 0 Å². The van der Waals surface area contributed by atoms with Gasteiger partial charge in [0, 0.05) is 5.92 Å². The average molecular weight is 479 g/mol. The van der Waals surface area contributed by atoms with Gasteiger partial charge in [-0.2, -0.15) is 0 Å². The number of rotatable bonds is 10. The van der Waals surface area contributed by atoms with Crippen molar-refractivity contribution in [3.63, 3.8) is 0 Å². The fraction of sp³-hybridized carbons (Fsp3) is 0.576. The van der Waals surface area contributed by atoms with Gasteiger partial charge in [-0.05, 0) is 79.5 Å². The zero-order chi connectivity index (χ0) is 24.2. The van der Waals surface area contributed by atoms with Gasteiger partial charge in [0.1, 0.15) is 5.75 Å². The Morgan fingerprint density at radius 3 is 2.23 bits per heavy atom. The minimum atomic E-state index is -0.251. The quantitative estimate of drug-likeness (QED) is 0.250. The highest BCUT2D eigenvalue weighted by Crippen LogP contribution is 2.40. The molecular formula is C33H50O2. The summed E-state index contributed by atoms with van der Waals surface area (Å²) in [5.41, 5.74) is 2.61. The third kappa shape index (κ3) is 9.15. The second-order valence-electron chi connectivity index (χ2n) is 10.2. The molecule has 0 heterocycles. The lowest BCUT2D eigenvalue weighted by atomic mass is 9.92. The summed E-state index contributed by atoms with van der Waals surface area (Å²) in [5.74, 6) is 3.43. The first-order valence-electron chi connectivity index (χ1n) is 13.8. The maximum atomic E-state index is 6.49. The van der Waals surface area contributed by atoms with E-state index in [0.29, 0.717) is 18.4 Å². The standard InChI is InChI=1S/C29H38O2.C3H8.CH4/c1-3-8-25(4-2)26-15-17-28(18-16-26)31-29(30-21-23-9-6-5-7-10-23)27-14-13-22-11-12-24(19-22)20-27;1-3-2;/h5-7,9-10,13-18,22,24-25,27,29H,3-4,8,11-12,19-21H2,1-2H3;3H2,1-2H3;1H4. The van der Waals surface area contributed by atoms with Gasteiger partial charge < -0.3 is 9.47 Å². The van der Waals surface area contributed by atoms with Gasteiger partial charge in [0.15, 0.2) is 0 Å². The largest absolute Gasteiger partial charge is 0.464 e. The van der Waals surface area contributed by atoms with Crippen LogP contribution in [-0.2, 0) is 11.3 Å². The van der Waals surface area contributed by atoms with Crippen LogP contribution in [0.3, 0.4) is 0 Å². The molecule has 5 unspecified atom stereocenters. The Morgan fingerprint density at radius 1 is 0.857 bits per heavy atom. The van der Waals surface area contributed by atoms with Crippen LogP contribution in [-0.4, -0.2) is 6.29 Å². The summed E-state index contributed by atoms with van der Waals surface area (Å²) in [7, 11) is 0. The Balaban J connectivity index is 0.00000103. The van der Waals surface area contributed by atoms with Crippen molar-refractivity contribution in [1.82, 2.24) is 0 Å². The van der Waals surface area contributed by atoms with Crippen LogP contribution in [0.4, 0.5) is 0 Å². The van der Waals surface area contributed by atoms with Crippen LogP contribution in [0.25, 0.3) is 0 Å². The van der Waals surface area contributed by atoms with Gasteiger partial charge in [-0.15, -0.1) is 0 Å². The van der Waals surface area contributed by atoms with E-state index >= 15 is 0 Å². The van der Waals surface area contributed by atoms with Gasteiger partial charge in [0.05, 0.1) is 6.61 Å². The molecule has 2 heteroatoms. The highest BCUT2D eigenvalue weighted by atomic mass is 16.7. The SMILES string of the molecule is C.CCC.CCCC(CC)c1ccc(OC(OCc2ccccc2)C2C=CC3CCC(C3)C2)cc1. The average Bonchev–Trinajstić information content (AvgIpc) is 3.20. The normalized spacial score (nSPS) is 22.2. The highest BCUT2D eigenvalue weighted by Gasteiger charge is 2.32. The van der Waals surface area contributed by atoms with Crippen LogP contribution in [0, 0.1) is 17.8 Å². The van der Waals surface area contributed by atoms with Crippen LogP contribution < -0.4 is 4.74 Å². The molecule has 0 aromatic heterocycles. The Labute approximate surface area is 216 Å². The molecule has 35 heavy (non-hydrogen) atoms. The molecular weight excluding hydrogens is 428 g/mol. The fourth-order valence-corrected chi connectivity index (χ4v) is 5.37. The molecule has 194 valence electrons. The van der Waals surface area contributed by atoms with E-state index in [4.69, 9.17) is 9.47 Å². The van der Waals surface area contributed by atoms with E-state index in [2.05, 4.69) is 88.4 Å². The Bertz CT molecular complexity index is 826. The van der Waals surface area contributed by atoms with Crippen molar-refractivity contribution in [2.24, 2.45) is 17.8 Å². The Hall–Kier alpha value is -2.06. The van der Waals surface area contributed by atoms with Crippen LogP contribution >= 0.6 is 0 Å². The van der Waals surface area contributed by atoms with Gasteiger partial charge in [-0.3, -0.25) is 0 Å². The van der Waals surface area contributed by atoms with Crippen molar-refractivity contribution >= 4 is 0 Å². The minimum Gasteiger partial charge on any atom is -0.464 e. The molecule has 2 bridgehead atoms. The lowest BCUT2D eigenvalue weighted by Gasteiger charge is -2.28. The van der Waals surface area contributed by atoms with Crippen molar-refractivity contribution in [2.75, 3.05) is 0 Å². The number of hydrogen-bond acceptors (Lipinski definition) is 2. The van der Waals surface area contributed by atoms with Crippen molar-refractivity contribution in [3.05, 3.63) is 77.9 Å². The molecule has 2 aliphatic rings. The first-order chi connectivity index (χ1) is 16.7. The maximum Gasteiger partial charge on any atom is 0.206 e. The maximum absolute atomic E-state index is 6.49. The molecule has 4 rings (SSSR count). The third-order valence-electron chi connectivity index (χ3n) is 7.16. The lowest BCUT2D eigenvalue weighted by molar-refractivity contribution is -0.117. The zero-order valence-electron chi connectivity index (χ0n) is 21.9. The molecule has 0 aliphatic heterocycles. The number of fused-ring (bicyclic) bond motifs is 2. The number of hydrogen-bond donors (Lipinski definition) is 0. The Morgan fingerprint density at radius 2 is 1.57 bits per heavy atom. The molecule has 2 aromatic rings. The number of allylic oxidation sites excluding steroid dienone is 1. The summed E-state index contributed by atoms with van der Waals surface area (Å²) in [4.78, 5) is 0. The van der Waals surface area contributed by atoms with Crippen LogP contribution in [0.15, 0.2) is 66.7 Å². The van der Waals surface area contributed by atoms with Gasteiger partial charge >= 0.3 is 0 Å². The number of benzene rings is 2. The predicted molar refractivity (Wildman–Crippen MR) is 151 cm³/mol. The molecule has 2 aromatic carbocycles. The van der Waals surface area contributed by atoms with E-state index in [1.165, 1.54) is 62.5 Å². The predicted octanol–water partition coefficient (Wildman–Crippen LogP) is 9.95. The summed E-state index contributed by atoms with van der Waals surface area (Å²) < 4.78 is 12.9. The molecule has 1 saturated carbocycles. The summed E-state index contributed by atoms with van der Waals surface area (Å²) in [6.07, 6.45) is 14.7. The number of ether oxygens (including phenoxy) is 2. The lowest BCUT2D eigenvalue weighted by Crippen LogP contribution is -2.30. The summed E-state index contributed by atoms with van der Waals surface area (Å²) >= 11 is 0. The summed E-state index contributed by atoms with van der Waals surface area (Å²) in [5, 5.41) is 0. The van der Waals surface area contributed by atoms with Crippen LogP contribution in [0.5, 0.6) is 5.75 Å². The molecule has 0 saturated heterocycles. The van der Waals surface area contributed by atoms with Gasteiger partial charge in [-0.1, -0.05) is 103 Å². The Kier molecular flexibility index (Phi) is 13.2. The van der Waals surface area contributed by atoms with Gasteiger partial charge in [-0.25, -0.2) is 0 Å². The van der Waals surface area contributed by atoms with E-state index in [0.717, 1.165) is 17.6 Å². The van der Waals surface area contributed by atoms with E-state index in [9.17, 15) is 0 Å². The van der Waals surface area contributed by atoms with E-state index in [-0.39, 0.29) is 13.7 Å². The molecule has 0 spiro atoms. The van der Waals surface area contributed by atoms with Crippen LogP contribution in [0.2, 0.25) is 0 Å². The van der Waals surface area contributed by atoms with Gasteiger partial charge in [0.2, 0.25) is 6.29 Å². The molecule has 0 N–H and O–H groups in total.